The molecule has 3 heteroatoms. The Morgan fingerprint density at radius 1 is 1.50 bits per heavy atom. The minimum absolute atomic E-state index is 0.0196. The van der Waals surface area contributed by atoms with Gasteiger partial charge in [0.2, 0.25) is 0 Å². The molecule has 0 N–H and O–H groups in total. The molecule has 1 fully saturated rings. The lowest BCUT2D eigenvalue weighted by molar-refractivity contribution is -0.146. The summed E-state index contributed by atoms with van der Waals surface area (Å²) in [5, 5.41) is 0. The molecule has 0 bridgehead atoms. The number of carbonyl (C=O) groups is 2. The molecule has 0 aromatic heterocycles. The van der Waals surface area contributed by atoms with Gasteiger partial charge in [0.05, 0.1) is 6.42 Å². The first-order chi connectivity index (χ1) is 6.44. The molecule has 2 aliphatic rings. The number of ether oxygens (including phenoxy) is 1. The second-order valence-corrected chi connectivity index (χ2v) is 4.45. The quantitative estimate of drug-likeness (QED) is 0.548. The summed E-state index contributed by atoms with van der Waals surface area (Å²) in [4.78, 5) is 22.9. The number of esters is 1. The van der Waals surface area contributed by atoms with Crippen LogP contribution in [-0.2, 0) is 14.3 Å². The summed E-state index contributed by atoms with van der Waals surface area (Å²) in [6.07, 6.45) is 2.16. The van der Waals surface area contributed by atoms with E-state index in [-0.39, 0.29) is 23.6 Å². The fourth-order valence-electron chi connectivity index (χ4n) is 2.60. The van der Waals surface area contributed by atoms with E-state index in [4.69, 9.17) is 4.74 Å². The van der Waals surface area contributed by atoms with Crippen molar-refractivity contribution in [3.8, 4) is 0 Å². The molecule has 0 aromatic rings. The van der Waals surface area contributed by atoms with Crippen LogP contribution in [0.25, 0.3) is 0 Å². The second kappa shape index (κ2) is 2.69. The van der Waals surface area contributed by atoms with Crippen LogP contribution in [0.4, 0.5) is 0 Å². The molecule has 76 valence electrons. The molecular formula is C11H14O3. The topological polar surface area (TPSA) is 43.4 Å². The zero-order valence-electron chi connectivity index (χ0n) is 8.66. The van der Waals surface area contributed by atoms with Gasteiger partial charge in [-0.1, -0.05) is 6.92 Å². The molecule has 1 saturated heterocycles. The molecule has 2 rings (SSSR count). The zero-order chi connectivity index (χ0) is 10.5. The van der Waals surface area contributed by atoms with Gasteiger partial charge in [-0.3, -0.25) is 9.59 Å². The molecule has 0 saturated carbocycles. The van der Waals surface area contributed by atoms with Gasteiger partial charge in [-0.15, -0.1) is 0 Å². The summed E-state index contributed by atoms with van der Waals surface area (Å²) in [6, 6.07) is 0. The van der Waals surface area contributed by atoms with E-state index in [0.717, 1.165) is 0 Å². The van der Waals surface area contributed by atoms with Gasteiger partial charge < -0.3 is 4.74 Å². The van der Waals surface area contributed by atoms with Crippen LogP contribution in [0.1, 0.15) is 27.2 Å². The van der Waals surface area contributed by atoms with E-state index >= 15 is 0 Å². The van der Waals surface area contributed by atoms with Gasteiger partial charge in [-0.2, -0.15) is 0 Å². The first-order valence-corrected chi connectivity index (χ1v) is 4.89. The summed E-state index contributed by atoms with van der Waals surface area (Å²) in [5.41, 5.74) is 0.167. The van der Waals surface area contributed by atoms with E-state index in [9.17, 15) is 9.59 Å². The van der Waals surface area contributed by atoms with Crippen molar-refractivity contribution >= 4 is 11.8 Å². The maximum Gasteiger partial charge on any atom is 0.307 e. The van der Waals surface area contributed by atoms with E-state index in [1.165, 1.54) is 0 Å². The molecular weight excluding hydrogens is 180 g/mol. The standard InChI is InChI=1S/C11H14O3/c1-6-5-11(3)8(4-9(12)14-11)7(2)10(6)13/h5,7-8H,4H2,1-3H3/t7-,8+,11-/m1/s1. The van der Waals surface area contributed by atoms with Crippen molar-refractivity contribution in [1.82, 2.24) is 0 Å². The highest BCUT2D eigenvalue weighted by molar-refractivity contribution is 5.98. The number of hydrogen-bond donors (Lipinski definition) is 0. The summed E-state index contributed by atoms with van der Waals surface area (Å²) >= 11 is 0. The largest absolute Gasteiger partial charge is 0.455 e. The predicted molar refractivity (Wildman–Crippen MR) is 50.5 cm³/mol. The number of rotatable bonds is 0. The van der Waals surface area contributed by atoms with Crippen molar-refractivity contribution in [2.75, 3.05) is 0 Å². The molecule has 0 aromatic carbocycles. The number of carbonyl (C=O) groups excluding carboxylic acids is 2. The van der Waals surface area contributed by atoms with E-state index < -0.39 is 5.60 Å². The highest BCUT2D eigenvalue weighted by atomic mass is 16.6. The Morgan fingerprint density at radius 3 is 2.79 bits per heavy atom. The van der Waals surface area contributed by atoms with Gasteiger partial charge in [0.15, 0.2) is 5.78 Å². The number of Topliss-reactive ketones (excluding diaryl/α,β-unsaturated/α-hetero) is 1. The Labute approximate surface area is 83.1 Å². The van der Waals surface area contributed by atoms with E-state index in [1.807, 2.05) is 13.8 Å². The molecule has 3 atom stereocenters. The lowest BCUT2D eigenvalue weighted by atomic mass is 9.71. The number of ketones is 1. The van der Waals surface area contributed by atoms with Crippen LogP contribution in [-0.4, -0.2) is 17.4 Å². The highest BCUT2D eigenvalue weighted by Gasteiger charge is 2.51. The average Bonchev–Trinajstić information content (AvgIpc) is 2.37. The number of allylic oxidation sites excluding steroid dienone is 1. The minimum Gasteiger partial charge on any atom is -0.455 e. The predicted octanol–water partition coefficient (Wildman–Crippen LogP) is 1.47. The third kappa shape index (κ3) is 1.11. The zero-order valence-corrected chi connectivity index (χ0v) is 8.66. The minimum atomic E-state index is -0.547. The monoisotopic (exact) mass is 194 g/mol. The molecule has 3 nitrogen and oxygen atoms in total. The lowest BCUT2D eigenvalue weighted by Gasteiger charge is -2.34. The fraction of sp³-hybridized carbons (Fsp3) is 0.636. The summed E-state index contributed by atoms with van der Waals surface area (Å²) in [6.45, 7) is 5.55. The smallest absolute Gasteiger partial charge is 0.307 e. The Morgan fingerprint density at radius 2 is 2.14 bits per heavy atom. The summed E-state index contributed by atoms with van der Waals surface area (Å²) in [7, 11) is 0. The van der Waals surface area contributed by atoms with Crippen LogP contribution in [0, 0.1) is 11.8 Å². The normalized spacial score (nSPS) is 41.8. The Hall–Kier alpha value is -1.12. The Balaban J connectivity index is 2.45. The van der Waals surface area contributed by atoms with Gasteiger partial charge in [0.1, 0.15) is 5.60 Å². The maximum atomic E-state index is 11.7. The van der Waals surface area contributed by atoms with Gasteiger partial charge in [0, 0.05) is 11.8 Å². The van der Waals surface area contributed by atoms with Crippen LogP contribution in [0.5, 0.6) is 0 Å². The van der Waals surface area contributed by atoms with Crippen LogP contribution in [0.15, 0.2) is 11.6 Å². The number of fused-ring (bicyclic) bond motifs is 1. The third-order valence-electron chi connectivity index (χ3n) is 3.37. The molecule has 1 aliphatic heterocycles. The molecule has 1 aliphatic carbocycles. The Kier molecular flexibility index (Phi) is 1.81. The van der Waals surface area contributed by atoms with E-state index in [2.05, 4.69) is 0 Å². The summed E-state index contributed by atoms with van der Waals surface area (Å²) < 4.78 is 5.27. The van der Waals surface area contributed by atoms with E-state index in [0.29, 0.717) is 12.0 Å². The molecule has 0 amide bonds. The maximum absolute atomic E-state index is 11.7. The Bertz CT molecular complexity index is 342. The van der Waals surface area contributed by atoms with Crippen LogP contribution >= 0.6 is 0 Å². The number of hydrogen-bond acceptors (Lipinski definition) is 3. The van der Waals surface area contributed by atoms with Gasteiger partial charge in [-0.25, -0.2) is 0 Å². The third-order valence-corrected chi connectivity index (χ3v) is 3.37. The molecule has 0 radical (unpaired) electrons. The lowest BCUT2D eigenvalue weighted by Crippen LogP contribution is -2.41. The van der Waals surface area contributed by atoms with Gasteiger partial charge in [-0.05, 0) is 25.5 Å². The highest BCUT2D eigenvalue weighted by Crippen LogP contribution is 2.43. The first-order valence-electron chi connectivity index (χ1n) is 4.89. The van der Waals surface area contributed by atoms with Crippen LogP contribution in [0.3, 0.4) is 0 Å². The first kappa shape index (κ1) is 9.44. The molecule has 0 unspecified atom stereocenters. The fourth-order valence-corrected chi connectivity index (χ4v) is 2.60. The van der Waals surface area contributed by atoms with Crippen molar-refractivity contribution in [1.29, 1.82) is 0 Å². The van der Waals surface area contributed by atoms with Crippen molar-refractivity contribution in [3.05, 3.63) is 11.6 Å². The molecule has 14 heavy (non-hydrogen) atoms. The van der Waals surface area contributed by atoms with Crippen molar-refractivity contribution < 1.29 is 14.3 Å². The molecule has 0 spiro atoms. The average molecular weight is 194 g/mol. The summed E-state index contributed by atoms with van der Waals surface area (Å²) in [5.74, 6) is -0.128. The van der Waals surface area contributed by atoms with Crippen molar-refractivity contribution in [2.24, 2.45) is 11.8 Å². The van der Waals surface area contributed by atoms with Crippen LogP contribution in [0.2, 0.25) is 0 Å². The second-order valence-electron chi connectivity index (χ2n) is 4.45. The van der Waals surface area contributed by atoms with Crippen molar-refractivity contribution in [2.45, 2.75) is 32.8 Å². The molecule has 1 heterocycles. The van der Waals surface area contributed by atoms with Gasteiger partial charge in [0.25, 0.3) is 0 Å². The van der Waals surface area contributed by atoms with Gasteiger partial charge >= 0.3 is 5.97 Å². The van der Waals surface area contributed by atoms with Crippen LogP contribution < -0.4 is 0 Å². The van der Waals surface area contributed by atoms with E-state index in [1.54, 1.807) is 13.0 Å². The van der Waals surface area contributed by atoms with Crippen molar-refractivity contribution in [3.63, 3.8) is 0 Å². The SMILES string of the molecule is CC1=C[C@@]2(C)OC(=O)C[C@H]2[C@@H](C)C1=O.